The number of hydrogen-bond donors (Lipinski definition) is 1. The molecule has 0 spiro atoms. The molecular weight excluding hydrogens is 313 g/mol. The molecule has 0 saturated carbocycles. The number of aromatic carboxylic acids is 1. The summed E-state index contributed by atoms with van der Waals surface area (Å²) >= 11 is 0. The predicted octanol–water partition coefficient (Wildman–Crippen LogP) is 3.26. The lowest BCUT2D eigenvalue weighted by Crippen LogP contribution is -2.32. The Kier molecular flexibility index (Phi) is 5.39. The van der Waals surface area contributed by atoms with Gasteiger partial charge in [-0.05, 0) is 37.1 Å². The molecule has 1 unspecified atom stereocenters. The maximum absolute atomic E-state index is 13.2. The molecule has 5 nitrogen and oxygen atoms in total. The highest BCUT2D eigenvalue weighted by molar-refractivity contribution is 5.88. The second-order valence-electron chi connectivity index (χ2n) is 5.92. The summed E-state index contributed by atoms with van der Waals surface area (Å²) in [6.07, 6.45) is 0.429. The molecule has 0 aliphatic rings. The number of carboxylic acids is 1. The molecule has 1 amide bonds. The Balaban J connectivity index is 2.00. The van der Waals surface area contributed by atoms with Gasteiger partial charge in [-0.25, -0.2) is 9.18 Å². The number of nitrogens with zero attached hydrogens (tertiary/aromatic N) is 1. The third kappa shape index (κ3) is 4.22. The van der Waals surface area contributed by atoms with Crippen molar-refractivity contribution in [2.75, 3.05) is 7.05 Å². The molecule has 0 aliphatic heterocycles. The summed E-state index contributed by atoms with van der Waals surface area (Å²) in [5.74, 6) is -1.11. The van der Waals surface area contributed by atoms with Crippen molar-refractivity contribution in [3.05, 3.63) is 58.8 Å². The molecule has 24 heavy (non-hydrogen) atoms. The Hall–Kier alpha value is -2.63. The van der Waals surface area contributed by atoms with Crippen LogP contribution in [0, 0.1) is 18.7 Å². The van der Waals surface area contributed by atoms with E-state index in [4.69, 9.17) is 9.52 Å². The van der Waals surface area contributed by atoms with Gasteiger partial charge in [-0.3, -0.25) is 4.79 Å². The third-order valence-corrected chi connectivity index (χ3v) is 3.82. The van der Waals surface area contributed by atoms with Crippen LogP contribution < -0.4 is 0 Å². The minimum absolute atomic E-state index is 0.0960. The van der Waals surface area contributed by atoms with E-state index >= 15 is 0 Å². The average Bonchev–Trinajstić information content (AvgIpc) is 2.87. The van der Waals surface area contributed by atoms with E-state index in [1.165, 1.54) is 23.1 Å². The fourth-order valence-electron chi connectivity index (χ4n) is 2.63. The number of rotatable bonds is 6. The van der Waals surface area contributed by atoms with Crippen LogP contribution in [0.25, 0.3) is 0 Å². The third-order valence-electron chi connectivity index (χ3n) is 3.82. The number of hydrogen-bond acceptors (Lipinski definition) is 3. The molecule has 2 rings (SSSR count). The SMILES string of the molecule is Cc1oc(CN(C)C(=O)C(C)Cc2cccc(F)c2)cc1C(=O)O. The van der Waals surface area contributed by atoms with Gasteiger partial charge in [0, 0.05) is 13.0 Å². The highest BCUT2D eigenvalue weighted by Crippen LogP contribution is 2.18. The zero-order chi connectivity index (χ0) is 17.9. The van der Waals surface area contributed by atoms with Crippen LogP contribution in [-0.2, 0) is 17.8 Å². The Morgan fingerprint density at radius 2 is 2.04 bits per heavy atom. The van der Waals surface area contributed by atoms with Gasteiger partial charge in [-0.1, -0.05) is 19.1 Å². The highest BCUT2D eigenvalue weighted by atomic mass is 19.1. The molecule has 0 aliphatic carbocycles. The summed E-state index contributed by atoms with van der Waals surface area (Å²) in [7, 11) is 1.63. The highest BCUT2D eigenvalue weighted by Gasteiger charge is 2.21. The first-order valence-electron chi connectivity index (χ1n) is 7.60. The largest absolute Gasteiger partial charge is 0.478 e. The molecule has 1 N–H and O–H groups in total. The molecule has 0 saturated heterocycles. The van der Waals surface area contributed by atoms with E-state index in [1.807, 2.05) is 0 Å². The van der Waals surface area contributed by atoms with Gasteiger partial charge in [-0.15, -0.1) is 0 Å². The van der Waals surface area contributed by atoms with Crippen molar-refractivity contribution in [2.45, 2.75) is 26.8 Å². The number of furan rings is 1. The van der Waals surface area contributed by atoms with Crippen LogP contribution in [0.1, 0.15) is 34.4 Å². The van der Waals surface area contributed by atoms with Gasteiger partial charge in [0.1, 0.15) is 22.9 Å². The minimum atomic E-state index is -1.06. The number of benzene rings is 1. The Labute approximate surface area is 139 Å². The fourth-order valence-corrected chi connectivity index (χ4v) is 2.63. The Morgan fingerprint density at radius 3 is 2.62 bits per heavy atom. The molecule has 2 aromatic rings. The van der Waals surface area contributed by atoms with Crippen LogP contribution in [-0.4, -0.2) is 28.9 Å². The molecule has 0 radical (unpaired) electrons. The van der Waals surface area contributed by atoms with E-state index in [-0.39, 0.29) is 29.8 Å². The number of carboxylic acid groups (broad SMARTS) is 1. The van der Waals surface area contributed by atoms with Gasteiger partial charge < -0.3 is 14.4 Å². The van der Waals surface area contributed by atoms with Gasteiger partial charge in [0.25, 0.3) is 0 Å². The number of carbonyl (C=O) groups is 2. The molecule has 0 fully saturated rings. The van der Waals surface area contributed by atoms with E-state index in [2.05, 4.69) is 0 Å². The van der Waals surface area contributed by atoms with E-state index < -0.39 is 5.97 Å². The smallest absolute Gasteiger partial charge is 0.339 e. The monoisotopic (exact) mass is 333 g/mol. The van der Waals surface area contributed by atoms with Crippen molar-refractivity contribution >= 4 is 11.9 Å². The van der Waals surface area contributed by atoms with E-state index in [1.54, 1.807) is 33.0 Å². The van der Waals surface area contributed by atoms with Crippen LogP contribution in [0.5, 0.6) is 0 Å². The first kappa shape index (κ1) is 17.7. The summed E-state index contributed by atoms with van der Waals surface area (Å²) in [4.78, 5) is 24.9. The van der Waals surface area contributed by atoms with Crippen molar-refractivity contribution < 1.29 is 23.5 Å². The second-order valence-corrected chi connectivity index (χ2v) is 5.92. The minimum Gasteiger partial charge on any atom is -0.478 e. The summed E-state index contributed by atoms with van der Waals surface area (Å²) in [6.45, 7) is 3.53. The Morgan fingerprint density at radius 1 is 1.33 bits per heavy atom. The van der Waals surface area contributed by atoms with Crippen molar-refractivity contribution in [3.63, 3.8) is 0 Å². The molecule has 0 bridgehead atoms. The maximum Gasteiger partial charge on any atom is 0.339 e. The number of amides is 1. The molecule has 1 aromatic carbocycles. The molecule has 128 valence electrons. The quantitative estimate of drug-likeness (QED) is 0.881. The first-order chi connectivity index (χ1) is 11.3. The normalized spacial score (nSPS) is 12.0. The topological polar surface area (TPSA) is 70.8 Å². The first-order valence-corrected chi connectivity index (χ1v) is 7.60. The van der Waals surface area contributed by atoms with Crippen LogP contribution in [0.3, 0.4) is 0 Å². The van der Waals surface area contributed by atoms with Gasteiger partial charge in [-0.2, -0.15) is 0 Å². The van der Waals surface area contributed by atoms with E-state index in [9.17, 15) is 14.0 Å². The molecule has 6 heteroatoms. The summed E-state index contributed by atoms with van der Waals surface area (Å²) in [6, 6.07) is 7.60. The van der Waals surface area contributed by atoms with Crippen LogP contribution in [0.2, 0.25) is 0 Å². The molecular formula is C18H20FNO4. The molecule has 1 heterocycles. The number of halogens is 1. The zero-order valence-corrected chi connectivity index (χ0v) is 13.9. The fraction of sp³-hybridized carbons (Fsp3) is 0.333. The van der Waals surface area contributed by atoms with Crippen molar-refractivity contribution in [3.8, 4) is 0 Å². The van der Waals surface area contributed by atoms with Gasteiger partial charge in [0.15, 0.2) is 0 Å². The average molecular weight is 333 g/mol. The Bertz CT molecular complexity index is 753. The van der Waals surface area contributed by atoms with Gasteiger partial charge in [0.2, 0.25) is 5.91 Å². The van der Waals surface area contributed by atoms with Crippen LogP contribution >= 0.6 is 0 Å². The number of carbonyl (C=O) groups excluding carboxylic acids is 1. The summed E-state index contributed by atoms with van der Waals surface area (Å²) in [5, 5.41) is 9.03. The standard InChI is InChI=1S/C18H20FNO4/c1-11(7-13-5-4-6-14(19)8-13)17(21)20(3)10-15-9-16(18(22)23)12(2)24-15/h4-6,8-9,11H,7,10H2,1-3H3,(H,22,23). The summed E-state index contributed by atoms with van der Waals surface area (Å²) in [5.41, 5.74) is 0.852. The molecule has 1 atom stereocenters. The lowest BCUT2D eigenvalue weighted by molar-refractivity contribution is -0.134. The zero-order valence-electron chi connectivity index (χ0n) is 13.9. The number of aryl methyl sites for hydroxylation is 1. The van der Waals surface area contributed by atoms with Gasteiger partial charge >= 0.3 is 5.97 Å². The van der Waals surface area contributed by atoms with Crippen LogP contribution in [0.4, 0.5) is 4.39 Å². The molecule has 1 aromatic heterocycles. The summed E-state index contributed by atoms with van der Waals surface area (Å²) < 4.78 is 18.6. The van der Waals surface area contributed by atoms with E-state index in [0.29, 0.717) is 17.9 Å². The maximum atomic E-state index is 13.2. The van der Waals surface area contributed by atoms with Crippen LogP contribution in [0.15, 0.2) is 34.7 Å². The second kappa shape index (κ2) is 7.29. The lowest BCUT2D eigenvalue weighted by atomic mass is 10.00. The van der Waals surface area contributed by atoms with Crippen molar-refractivity contribution in [2.24, 2.45) is 5.92 Å². The van der Waals surface area contributed by atoms with E-state index in [0.717, 1.165) is 5.56 Å². The van der Waals surface area contributed by atoms with Crippen molar-refractivity contribution in [1.29, 1.82) is 0 Å². The predicted molar refractivity (Wildman–Crippen MR) is 86.1 cm³/mol. The lowest BCUT2D eigenvalue weighted by Gasteiger charge is -2.20. The van der Waals surface area contributed by atoms with Gasteiger partial charge in [0.05, 0.1) is 6.54 Å². The van der Waals surface area contributed by atoms with Crippen molar-refractivity contribution in [1.82, 2.24) is 4.90 Å².